The van der Waals surface area contributed by atoms with E-state index in [9.17, 15) is 9.59 Å². The SMILES string of the molecule is COC(=O)[C@H](Cc1cccc2cc[nH]c12)NC(C)=O. The first-order chi connectivity index (χ1) is 9.11. The van der Waals surface area contributed by atoms with Gasteiger partial charge in [0.15, 0.2) is 0 Å². The Hall–Kier alpha value is -2.30. The summed E-state index contributed by atoms with van der Waals surface area (Å²) in [4.78, 5) is 26.0. The second-order valence-electron chi connectivity index (χ2n) is 4.34. The maximum Gasteiger partial charge on any atom is 0.328 e. The maximum atomic E-state index is 11.7. The van der Waals surface area contributed by atoms with E-state index in [2.05, 4.69) is 10.3 Å². The maximum absolute atomic E-state index is 11.7. The molecule has 0 unspecified atom stereocenters. The van der Waals surface area contributed by atoms with Crippen molar-refractivity contribution < 1.29 is 14.3 Å². The van der Waals surface area contributed by atoms with E-state index in [0.29, 0.717) is 6.42 Å². The van der Waals surface area contributed by atoms with Gasteiger partial charge in [-0.05, 0) is 17.0 Å². The molecule has 0 radical (unpaired) electrons. The lowest BCUT2D eigenvalue weighted by molar-refractivity contribution is -0.144. The third-order valence-corrected chi connectivity index (χ3v) is 2.96. The number of aromatic amines is 1. The number of methoxy groups -OCH3 is 1. The van der Waals surface area contributed by atoms with E-state index < -0.39 is 12.0 Å². The van der Waals surface area contributed by atoms with Crippen molar-refractivity contribution in [2.24, 2.45) is 0 Å². The molecule has 0 fully saturated rings. The number of carbonyl (C=O) groups excluding carboxylic acids is 2. The van der Waals surface area contributed by atoms with Gasteiger partial charge in [-0.2, -0.15) is 0 Å². The van der Waals surface area contributed by atoms with Crippen LogP contribution in [0.4, 0.5) is 0 Å². The summed E-state index contributed by atoms with van der Waals surface area (Å²) in [6.07, 6.45) is 2.24. The molecule has 1 aromatic heterocycles. The number of hydrogen-bond acceptors (Lipinski definition) is 3. The number of ether oxygens (including phenoxy) is 1. The third kappa shape index (κ3) is 2.93. The van der Waals surface area contributed by atoms with Gasteiger partial charge in [0.1, 0.15) is 6.04 Å². The van der Waals surface area contributed by atoms with E-state index in [0.717, 1.165) is 16.5 Å². The molecule has 2 N–H and O–H groups in total. The van der Waals surface area contributed by atoms with Crippen LogP contribution in [-0.4, -0.2) is 30.0 Å². The van der Waals surface area contributed by atoms with Gasteiger partial charge in [0, 0.05) is 25.1 Å². The number of hydrogen-bond donors (Lipinski definition) is 2. The summed E-state index contributed by atoms with van der Waals surface area (Å²) in [5, 5.41) is 3.68. The van der Waals surface area contributed by atoms with Crippen LogP contribution in [0.15, 0.2) is 30.5 Å². The Morgan fingerprint density at radius 2 is 2.16 bits per heavy atom. The lowest BCUT2D eigenvalue weighted by Crippen LogP contribution is -2.42. The quantitative estimate of drug-likeness (QED) is 0.816. The minimum Gasteiger partial charge on any atom is -0.467 e. The number of para-hydroxylation sites is 1. The number of esters is 1. The van der Waals surface area contributed by atoms with Crippen molar-refractivity contribution in [2.45, 2.75) is 19.4 Å². The molecular weight excluding hydrogens is 244 g/mol. The molecule has 1 heterocycles. The van der Waals surface area contributed by atoms with Crippen molar-refractivity contribution in [1.82, 2.24) is 10.3 Å². The molecule has 0 bridgehead atoms. The van der Waals surface area contributed by atoms with E-state index >= 15 is 0 Å². The average molecular weight is 260 g/mol. The highest BCUT2D eigenvalue weighted by Crippen LogP contribution is 2.18. The Bertz CT molecular complexity index is 604. The van der Waals surface area contributed by atoms with Crippen LogP contribution >= 0.6 is 0 Å². The van der Waals surface area contributed by atoms with Gasteiger partial charge in [0.05, 0.1) is 7.11 Å². The number of aromatic nitrogens is 1. The molecule has 5 heteroatoms. The van der Waals surface area contributed by atoms with Gasteiger partial charge in [-0.15, -0.1) is 0 Å². The highest BCUT2D eigenvalue weighted by Gasteiger charge is 2.21. The molecule has 5 nitrogen and oxygen atoms in total. The van der Waals surface area contributed by atoms with Crippen molar-refractivity contribution in [3.05, 3.63) is 36.0 Å². The lowest BCUT2D eigenvalue weighted by atomic mass is 10.0. The van der Waals surface area contributed by atoms with Crippen LogP contribution in [-0.2, 0) is 20.7 Å². The van der Waals surface area contributed by atoms with Gasteiger partial charge >= 0.3 is 5.97 Å². The van der Waals surface area contributed by atoms with Gasteiger partial charge in [-0.25, -0.2) is 4.79 Å². The van der Waals surface area contributed by atoms with Crippen molar-refractivity contribution in [1.29, 1.82) is 0 Å². The fourth-order valence-electron chi connectivity index (χ4n) is 2.12. The predicted octanol–water partition coefficient (Wildman–Crippen LogP) is 1.39. The smallest absolute Gasteiger partial charge is 0.328 e. The van der Waals surface area contributed by atoms with Gasteiger partial charge in [0.2, 0.25) is 5.91 Å². The second kappa shape index (κ2) is 5.56. The lowest BCUT2D eigenvalue weighted by Gasteiger charge is -2.15. The zero-order valence-corrected chi connectivity index (χ0v) is 10.9. The van der Waals surface area contributed by atoms with Crippen molar-refractivity contribution >= 4 is 22.8 Å². The molecule has 1 atom stereocenters. The monoisotopic (exact) mass is 260 g/mol. The van der Waals surface area contributed by atoms with Crippen LogP contribution in [0.1, 0.15) is 12.5 Å². The van der Waals surface area contributed by atoms with E-state index in [1.54, 1.807) is 0 Å². The molecule has 2 rings (SSSR count). The molecule has 0 saturated heterocycles. The summed E-state index contributed by atoms with van der Waals surface area (Å²) in [7, 11) is 1.31. The Balaban J connectivity index is 2.27. The number of carbonyl (C=O) groups is 2. The van der Waals surface area contributed by atoms with Crippen LogP contribution in [0.25, 0.3) is 10.9 Å². The Morgan fingerprint density at radius 3 is 2.84 bits per heavy atom. The Labute approximate surface area is 110 Å². The van der Waals surface area contributed by atoms with Gasteiger partial charge in [0.25, 0.3) is 0 Å². The van der Waals surface area contributed by atoms with Crippen LogP contribution < -0.4 is 5.32 Å². The fraction of sp³-hybridized carbons (Fsp3) is 0.286. The van der Waals surface area contributed by atoms with Gasteiger partial charge in [-0.3, -0.25) is 4.79 Å². The van der Waals surface area contributed by atoms with Crippen LogP contribution in [0.5, 0.6) is 0 Å². The predicted molar refractivity (Wildman–Crippen MR) is 71.6 cm³/mol. The molecule has 1 amide bonds. The minimum atomic E-state index is -0.670. The van der Waals surface area contributed by atoms with Gasteiger partial charge < -0.3 is 15.0 Å². The molecule has 0 aliphatic heterocycles. The largest absolute Gasteiger partial charge is 0.467 e. The van der Waals surface area contributed by atoms with Crippen LogP contribution in [0.3, 0.4) is 0 Å². The summed E-state index contributed by atoms with van der Waals surface area (Å²) in [5.41, 5.74) is 1.94. The summed E-state index contributed by atoms with van der Waals surface area (Å²) in [6, 6.07) is 7.13. The Morgan fingerprint density at radius 1 is 1.37 bits per heavy atom. The molecule has 0 spiro atoms. The van der Waals surface area contributed by atoms with Crippen LogP contribution in [0, 0.1) is 0 Å². The standard InChI is InChI=1S/C14H16N2O3/c1-9(17)16-12(14(18)19-2)8-11-5-3-4-10-6-7-15-13(10)11/h3-7,12,15H,8H2,1-2H3,(H,16,17)/t12-/m0/s1. The zero-order chi connectivity index (χ0) is 13.8. The zero-order valence-electron chi connectivity index (χ0n) is 10.9. The average Bonchev–Trinajstić information content (AvgIpc) is 2.85. The van der Waals surface area contributed by atoms with Crippen molar-refractivity contribution in [2.75, 3.05) is 7.11 Å². The minimum absolute atomic E-state index is 0.255. The first-order valence-corrected chi connectivity index (χ1v) is 6.01. The number of rotatable bonds is 4. The molecular formula is C14H16N2O3. The van der Waals surface area contributed by atoms with E-state index in [4.69, 9.17) is 4.74 Å². The van der Waals surface area contributed by atoms with Crippen molar-refractivity contribution in [3.63, 3.8) is 0 Å². The van der Waals surface area contributed by atoms with Crippen molar-refractivity contribution in [3.8, 4) is 0 Å². The molecule has 0 aliphatic rings. The molecule has 0 aliphatic carbocycles. The highest BCUT2D eigenvalue weighted by atomic mass is 16.5. The fourth-order valence-corrected chi connectivity index (χ4v) is 2.12. The number of amides is 1. The summed E-state index contributed by atoms with van der Waals surface area (Å²) < 4.78 is 4.72. The Kier molecular flexibility index (Phi) is 3.85. The van der Waals surface area contributed by atoms with E-state index in [-0.39, 0.29) is 5.91 Å². The summed E-state index contributed by atoms with van der Waals surface area (Å²) >= 11 is 0. The number of benzene rings is 1. The normalized spacial score (nSPS) is 12.1. The van der Waals surface area contributed by atoms with E-state index in [1.807, 2.05) is 30.5 Å². The number of H-pyrrole nitrogens is 1. The number of fused-ring (bicyclic) bond motifs is 1. The van der Waals surface area contributed by atoms with Gasteiger partial charge in [-0.1, -0.05) is 18.2 Å². The first kappa shape index (κ1) is 13.1. The summed E-state index contributed by atoms with van der Waals surface area (Å²) in [5.74, 6) is -0.701. The molecule has 19 heavy (non-hydrogen) atoms. The highest BCUT2D eigenvalue weighted by molar-refractivity contribution is 5.86. The van der Waals surface area contributed by atoms with E-state index in [1.165, 1.54) is 14.0 Å². The number of nitrogens with one attached hydrogen (secondary N) is 2. The summed E-state index contributed by atoms with van der Waals surface area (Å²) in [6.45, 7) is 1.38. The second-order valence-corrected chi connectivity index (χ2v) is 4.34. The van der Waals surface area contributed by atoms with Crippen LogP contribution in [0.2, 0.25) is 0 Å². The molecule has 1 aromatic carbocycles. The molecule has 0 saturated carbocycles. The molecule has 100 valence electrons. The first-order valence-electron chi connectivity index (χ1n) is 6.01. The third-order valence-electron chi connectivity index (χ3n) is 2.96. The molecule has 2 aromatic rings. The topological polar surface area (TPSA) is 71.2 Å².